The minimum Gasteiger partial charge on any atom is -0.271 e. The van der Waals surface area contributed by atoms with Crippen LogP contribution >= 0.6 is 0 Å². The standard InChI is InChI=1S/C17H19FN2/c18-16-7-2-1-6-15(16)17(20-19)14-10-8-13(9-11-14)12-4-3-5-12/h1-2,6-12,17,20H,3-5,19H2. The molecule has 0 heterocycles. The number of benzene rings is 2. The first-order valence-electron chi connectivity index (χ1n) is 7.10. The van der Waals surface area contributed by atoms with Gasteiger partial charge < -0.3 is 0 Å². The summed E-state index contributed by atoms with van der Waals surface area (Å²) in [6.07, 6.45) is 3.89. The number of hydrogen-bond acceptors (Lipinski definition) is 2. The second-order valence-corrected chi connectivity index (χ2v) is 5.42. The third-order valence-electron chi connectivity index (χ3n) is 4.23. The van der Waals surface area contributed by atoms with Crippen LogP contribution in [-0.4, -0.2) is 0 Å². The van der Waals surface area contributed by atoms with Gasteiger partial charge in [0.25, 0.3) is 0 Å². The molecule has 2 aromatic carbocycles. The maximum atomic E-state index is 13.9. The molecule has 0 aliphatic heterocycles. The van der Waals surface area contributed by atoms with Gasteiger partial charge in [-0.25, -0.2) is 9.82 Å². The zero-order valence-corrected chi connectivity index (χ0v) is 11.4. The molecule has 0 amide bonds. The van der Waals surface area contributed by atoms with Crippen LogP contribution in [0.5, 0.6) is 0 Å². The lowest BCUT2D eigenvalue weighted by Crippen LogP contribution is -2.29. The molecule has 1 saturated carbocycles. The Morgan fingerprint density at radius 2 is 1.75 bits per heavy atom. The van der Waals surface area contributed by atoms with Crippen LogP contribution in [-0.2, 0) is 0 Å². The molecule has 0 aromatic heterocycles. The molecular weight excluding hydrogens is 251 g/mol. The second kappa shape index (κ2) is 5.73. The normalized spacial score (nSPS) is 16.7. The molecule has 3 N–H and O–H groups in total. The minimum absolute atomic E-state index is 0.237. The highest BCUT2D eigenvalue weighted by molar-refractivity contribution is 5.35. The van der Waals surface area contributed by atoms with E-state index in [0.29, 0.717) is 11.5 Å². The monoisotopic (exact) mass is 270 g/mol. The Labute approximate surface area is 118 Å². The van der Waals surface area contributed by atoms with E-state index in [4.69, 9.17) is 5.84 Å². The summed E-state index contributed by atoms with van der Waals surface area (Å²) >= 11 is 0. The van der Waals surface area contributed by atoms with Crippen LogP contribution in [0.1, 0.15) is 47.9 Å². The van der Waals surface area contributed by atoms with Crippen molar-refractivity contribution in [3.63, 3.8) is 0 Å². The highest BCUT2D eigenvalue weighted by atomic mass is 19.1. The number of rotatable bonds is 4. The van der Waals surface area contributed by atoms with E-state index >= 15 is 0 Å². The summed E-state index contributed by atoms with van der Waals surface area (Å²) in [5.74, 6) is 6.10. The smallest absolute Gasteiger partial charge is 0.128 e. The van der Waals surface area contributed by atoms with E-state index in [-0.39, 0.29) is 11.9 Å². The quantitative estimate of drug-likeness (QED) is 0.657. The summed E-state index contributed by atoms with van der Waals surface area (Å²) < 4.78 is 13.9. The van der Waals surface area contributed by atoms with Crippen LogP contribution in [0, 0.1) is 5.82 Å². The molecule has 104 valence electrons. The van der Waals surface area contributed by atoms with Crippen LogP contribution in [0.15, 0.2) is 48.5 Å². The number of hydrogen-bond donors (Lipinski definition) is 2. The number of nitrogens with two attached hydrogens (primary N) is 1. The predicted molar refractivity (Wildman–Crippen MR) is 78.6 cm³/mol. The Hall–Kier alpha value is -1.71. The molecule has 0 bridgehead atoms. The van der Waals surface area contributed by atoms with Gasteiger partial charge in [0.2, 0.25) is 0 Å². The van der Waals surface area contributed by atoms with Crippen molar-refractivity contribution in [2.24, 2.45) is 5.84 Å². The van der Waals surface area contributed by atoms with Crippen molar-refractivity contribution in [2.45, 2.75) is 31.2 Å². The fourth-order valence-electron chi connectivity index (χ4n) is 2.78. The van der Waals surface area contributed by atoms with E-state index in [9.17, 15) is 4.39 Å². The lowest BCUT2D eigenvalue weighted by Gasteiger charge is -2.26. The molecule has 20 heavy (non-hydrogen) atoms. The van der Waals surface area contributed by atoms with Gasteiger partial charge in [-0.05, 0) is 36.0 Å². The van der Waals surface area contributed by atoms with Gasteiger partial charge in [0.1, 0.15) is 5.82 Å². The topological polar surface area (TPSA) is 38.0 Å². The van der Waals surface area contributed by atoms with Gasteiger partial charge in [0, 0.05) is 5.56 Å². The van der Waals surface area contributed by atoms with Crippen molar-refractivity contribution in [1.82, 2.24) is 5.43 Å². The Morgan fingerprint density at radius 3 is 2.30 bits per heavy atom. The van der Waals surface area contributed by atoms with Crippen LogP contribution in [0.2, 0.25) is 0 Å². The molecule has 1 aliphatic carbocycles. The largest absolute Gasteiger partial charge is 0.271 e. The Kier molecular flexibility index (Phi) is 3.81. The second-order valence-electron chi connectivity index (χ2n) is 5.42. The zero-order chi connectivity index (χ0) is 13.9. The van der Waals surface area contributed by atoms with Gasteiger partial charge in [-0.1, -0.05) is 48.9 Å². The van der Waals surface area contributed by atoms with Crippen LogP contribution in [0.4, 0.5) is 4.39 Å². The summed E-state index contributed by atoms with van der Waals surface area (Å²) in [6, 6.07) is 14.8. The summed E-state index contributed by atoms with van der Waals surface area (Å²) in [5.41, 5.74) is 5.65. The molecule has 1 atom stereocenters. The van der Waals surface area contributed by atoms with Gasteiger partial charge in [0.05, 0.1) is 6.04 Å². The molecule has 3 heteroatoms. The number of halogens is 1. The molecule has 1 aliphatic rings. The van der Waals surface area contributed by atoms with Crippen molar-refractivity contribution in [3.05, 3.63) is 71.0 Å². The third kappa shape index (κ3) is 2.47. The van der Waals surface area contributed by atoms with Crippen molar-refractivity contribution >= 4 is 0 Å². The Morgan fingerprint density at radius 1 is 1.05 bits per heavy atom. The first-order valence-corrected chi connectivity index (χ1v) is 7.10. The van der Waals surface area contributed by atoms with Gasteiger partial charge >= 0.3 is 0 Å². The van der Waals surface area contributed by atoms with E-state index in [2.05, 4.69) is 17.6 Å². The first kappa shape index (κ1) is 13.3. The van der Waals surface area contributed by atoms with E-state index in [1.54, 1.807) is 12.1 Å². The Bertz CT molecular complexity index is 576. The molecule has 1 fully saturated rings. The molecule has 3 rings (SSSR count). The average Bonchev–Trinajstić information content (AvgIpc) is 2.41. The van der Waals surface area contributed by atoms with Crippen molar-refractivity contribution in [1.29, 1.82) is 0 Å². The molecule has 1 unspecified atom stereocenters. The molecule has 0 radical (unpaired) electrons. The Balaban J connectivity index is 1.87. The summed E-state index contributed by atoms with van der Waals surface area (Å²) in [6.45, 7) is 0. The van der Waals surface area contributed by atoms with E-state index in [0.717, 1.165) is 5.56 Å². The van der Waals surface area contributed by atoms with Crippen LogP contribution in [0.25, 0.3) is 0 Å². The SMILES string of the molecule is NNC(c1ccc(C2CCC2)cc1)c1ccccc1F. The minimum atomic E-state index is -0.313. The number of hydrazine groups is 1. The maximum Gasteiger partial charge on any atom is 0.128 e. The fourth-order valence-corrected chi connectivity index (χ4v) is 2.78. The summed E-state index contributed by atoms with van der Waals surface area (Å²) in [7, 11) is 0. The first-order chi connectivity index (χ1) is 9.79. The molecule has 2 aromatic rings. The van der Waals surface area contributed by atoms with Gasteiger partial charge in [-0.2, -0.15) is 0 Å². The lowest BCUT2D eigenvalue weighted by atomic mass is 9.79. The molecule has 0 saturated heterocycles. The third-order valence-corrected chi connectivity index (χ3v) is 4.23. The highest BCUT2D eigenvalue weighted by Crippen LogP contribution is 2.36. The van der Waals surface area contributed by atoms with Gasteiger partial charge in [-0.15, -0.1) is 0 Å². The van der Waals surface area contributed by atoms with Crippen molar-refractivity contribution in [3.8, 4) is 0 Å². The summed E-state index contributed by atoms with van der Waals surface area (Å²) in [4.78, 5) is 0. The zero-order valence-electron chi connectivity index (χ0n) is 11.4. The van der Waals surface area contributed by atoms with Crippen molar-refractivity contribution in [2.75, 3.05) is 0 Å². The van der Waals surface area contributed by atoms with Crippen LogP contribution < -0.4 is 11.3 Å². The molecule has 0 spiro atoms. The number of nitrogens with one attached hydrogen (secondary N) is 1. The van der Waals surface area contributed by atoms with E-state index < -0.39 is 0 Å². The maximum absolute atomic E-state index is 13.9. The van der Waals surface area contributed by atoms with Gasteiger partial charge in [-0.3, -0.25) is 5.84 Å². The van der Waals surface area contributed by atoms with Crippen molar-refractivity contribution < 1.29 is 4.39 Å². The fraction of sp³-hybridized carbons (Fsp3) is 0.294. The van der Waals surface area contributed by atoms with Crippen LogP contribution in [0.3, 0.4) is 0 Å². The predicted octanol–water partition coefficient (Wildman–Crippen LogP) is 3.65. The lowest BCUT2D eigenvalue weighted by molar-refractivity contribution is 0.419. The van der Waals surface area contributed by atoms with E-state index in [1.165, 1.54) is 30.9 Å². The molecule has 2 nitrogen and oxygen atoms in total. The van der Waals surface area contributed by atoms with E-state index in [1.807, 2.05) is 18.2 Å². The average molecular weight is 270 g/mol. The van der Waals surface area contributed by atoms with Gasteiger partial charge in [0.15, 0.2) is 0 Å². The summed E-state index contributed by atoms with van der Waals surface area (Å²) in [5, 5.41) is 0. The highest BCUT2D eigenvalue weighted by Gasteiger charge is 2.20. The molecular formula is C17H19FN2.